The number of rotatable bonds is 7. The molecule has 2 aliphatic rings. The Morgan fingerprint density at radius 1 is 1.38 bits per heavy atom. The van der Waals surface area contributed by atoms with Crippen LogP contribution in [0.3, 0.4) is 0 Å². The molecular weight excluding hydrogens is 457 g/mol. The maximum Gasteiger partial charge on any atom is 0.190 e. The van der Waals surface area contributed by atoms with Gasteiger partial charge in [-0.1, -0.05) is 16.8 Å². The van der Waals surface area contributed by atoms with Gasteiger partial charge in [0.1, 0.15) is 35.3 Å². The molecule has 3 aromatic heterocycles. The molecule has 0 spiro atoms. The van der Waals surface area contributed by atoms with Crippen molar-refractivity contribution in [3.05, 3.63) is 58.2 Å². The number of imidazole rings is 1. The van der Waals surface area contributed by atoms with Crippen LogP contribution in [0.15, 0.2) is 36.9 Å². The number of aliphatic hydroxyl groups is 1. The maximum atomic E-state index is 14.1. The van der Waals surface area contributed by atoms with E-state index in [-0.39, 0.29) is 19.8 Å². The molecule has 6 rings (SSSR count). The van der Waals surface area contributed by atoms with Gasteiger partial charge in [-0.05, 0) is 37.0 Å². The van der Waals surface area contributed by atoms with Crippen LogP contribution in [0.1, 0.15) is 41.1 Å². The quantitative estimate of drug-likeness (QED) is 0.438. The summed E-state index contributed by atoms with van der Waals surface area (Å²) < 4.78 is 28.0. The van der Waals surface area contributed by atoms with Crippen molar-refractivity contribution in [2.24, 2.45) is 0 Å². The van der Waals surface area contributed by atoms with E-state index in [1.165, 1.54) is 4.88 Å². The molecule has 1 aliphatic heterocycles. The van der Waals surface area contributed by atoms with Gasteiger partial charge >= 0.3 is 0 Å². The first kappa shape index (κ1) is 20.1. The normalized spacial score (nSPS) is 18.6. The molecule has 1 unspecified atom stereocenters. The van der Waals surface area contributed by atoms with Crippen molar-refractivity contribution in [3.63, 3.8) is 0 Å². The van der Waals surface area contributed by atoms with Crippen molar-refractivity contribution in [1.82, 2.24) is 24.4 Å². The Bertz CT molecular complexity index is 1300. The molecule has 0 radical (unpaired) electrons. The van der Waals surface area contributed by atoms with Crippen LogP contribution in [-0.2, 0) is 4.74 Å². The number of thiazole rings is 1. The third kappa shape index (κ3) is 3.47. The average molecular weight is 476 g/mol. The van der Waals surface area contributed by atoms with Gasteiger partial charge in [-0.15, -0.1) is 16.4 Å². The van der Waals surface area contributed by atoms with Crippen LogP contribution in [0.5, 0.6) is 5.75 Å². The van der Waals surface area contributed by atoms with Crippen LogP contribution in [0, 0.1) is 0 Å². The van der Waals surface area contributed by atoms with Crippen molar-refractivity contribution < 1.29 is 19.0 Å². The number of aliphatic hydroxyl groups excluding tert-OH is 1. The number of hydrogen-bond donors (Lipinski definition) is 1. The first-order chi connectivity index (χ1) is 15.5. The lowest BCUT2D eigenvalue weighted by Crippen LogP contribution is -2.50. The molecule has 0 amide bonds. The number of ether oxygens (including phenoxy) is 2. The van der Waals surface area contributed by atoms with Gasteiger partial charge in [0, 0.05) is 4.88 Å². The highest BCUT2D eigenvalue weighted by molar-refractivity contribution is 7.17. The maximum absolute atomic E-state index is 14.1. The van der Waals surface area contributed by atoms with E-state index in [4.69, 9.17) is 21.1 Å². The zero-order valence-electron chi connectivity index (χ0n) is 16.8. The fourth-order valence-corrected chi connectivity index (χ4v) is 5.29. The predicted octanol–water partition coefficient (Wildman–Crippen LogP) is 3.71. The summed E-state index contributed by atoms with van der Waals surface area (Å²) in [5.41, 5.74) is 0.427. The largest absolute Gasteiger partial charge is 0.488 e. The van der Waals surface area contributed by atoms with Gasteiger partial charge in [0.2, 0.25) is 0 Å². The Morgan fingerprint density at radius 2 is 2.22 bits per heavy atom. The number of benzene rings is 1. The summed E-state index contributed by atoms with van der Waals surface area (Å²) in [7, 11) is 0. The van der Waals surface area contributed by atoms with E-state index >= 15 is 0 Å². The minimum atomic E-state index is -1.46. The molecule has 2 fully saturated rings. The first-order valence-electron chi connectivity index (χ1n) is 10.3. The minimum Gasteiger partial charge on any atom is -0.488 e. The number of alkyl halides is 1. The van der Waals surface area contributed by atoms with Crippen LogP contribution in [0.25, 0.3) is 10.5 Å². The van der Waals surface area contributed by atoms with Gasteiger partial charge in [0.15, 0.2) is 5.67 Å². The summed E-state index contributed by atoms with van der Waals surface area (Å²) in [6.45, 7) is -0.0477. The summed E-state index contributed by atoms with van der Waals surface area (Å²) >= 11 is 8.00. The second-order valence-corrected chi connectivity index (χ2v) is 9.73. The smallest absolute Gasteiger partial charge is 0.190 e. The highest BCUT2D eigenvalue weighted by Gasteiger charge is 2.40. The Morgan fingerprint density at radius 3 is 2.94 bits per heavy atom. The van der Waals surface area contributed by atoms with E-state index in [9.17, 15) is 9.50 Å². The van der Waals surface area contributed by atoms with Gasteiger partial charge < -0.3 is 14.6 Å². The summed E-state index contributed by atoms with van der Waals surface area (Å²) in [6, 6.07) is 5.08. The summed E-state index contributed by atoms with van der Waals surface area (Å²) in [4.78, 5) is 6.37. The molecule has 8 nitrogen and oxygen atoms in total. The molecule has 0 bridgehead atoms. The second kappa shape index (κ2) is 7.51. The number of aromatic nitrogens is 5. The van der Waals surface area contributed by atoms with Crippen LogP contribution < -0.4 is 4.74 Å². The number of hydrogen-bond acceptors (Lipinski definition) is 7. The van der Waals surface area contributed by atoms with E-state index in [2.05, 4.69) is 15.3 Å². The van der Waals surface area contributed by atoms with Gasteiger partial charge in [-0.25, -0.2) is 14.1 Å². The van der Waals surface area contributed by atoms with Crippen molar-refractivity contribution in [1.29, 1.82) is 0 Å². The summed E-state index contributed by atoms with van der Waals surface area (Å²) in [5, 5.41) is 19.8. The molecule has 1 N–H and O–H groups in total. The van der Waals surface area contributed by atoms with Crippen LogP contribution in [-0.4, -0.2) is 55.0 Å². The lowest BCUT2D eigenvalue weighted by Gasteiger charge is -2.33. The molecule has 1 aromatic carbocycles. The van der Waals surface area contributed by atoms with E-state index in [1.54, 1.807) is 52.9 Å². The van der Waals surface area contributed by atoms with Gasteiger partial charge in [0.25, 0.3) is 0 Å². The highest BCUT2D eigenvalue weighted by Crippen LogP contribution is 2.47. The second-order valence-electron chi connectivity index (χ2n) is 8.27. The number of halogens is 2. The molecule has 11 heteroatoms. The number of nitrogens with zero attached hydrogens (tertiary/aromatic N) is 5. The van der Waals surface area contributed by atoms with Gasteiger partial charge in [-0.3, -0.25) is 4.40 Å². The molecule has 1 saturated heterocycles. The molecule has 1 atom stereocenters. The fraction of sp³-hybridized carbons (Fsp3) is 0.381. The van der Waals surface area contributed by atoms with E-state index < -0.39 is 11.8 Å². The SMILES string of the molecule is OC(c1cn(-c2ccc(OCC3(F)COC3)c(Cl)c2)nn1)c1c(C2CC2)sc2cncn12. The van der Waals surface area contributed by atoms with Gasteiger partial charge in [0.05, 0.1) is 42.0 Å². The van der Waals surface area contributed by atoms with Crippen molar-refractivity contribution in [3.8, 4) is 11.4 Å². The standard InChI is InChI=1S/C21H19ClFN5O3S/c22-14-5-13(3-4-16(14)31-10-21(23)8-30-9-21)28-7-15(25-26-28)19(29)18-20(12-1-2-12)32-17-6-24-11-27(17)18/h3-7,11-12,19,29H,1-2,8-10H2. The Kier molecular flexibility index (Phi) is 4.72. The fourth-order valence-electron chi connectivity index (χ4n) is 3.76. The molecular formula is C21H19ClFN5O3S. The van der Waals surface area contributed by atoms with Crippen LogP contribution in [0.2, 0.25) is 5.02 Å². The molecule has 1 aliphatic carbocycles. The molecule has 1 saturated carbocycles. The van der Waals surface area contributed by atoms with Crippen LogP contribution >= 0.6 is 22.9 Å². The molecule has 166 valence electrons. The monoisotopic (exact) mass is 475 g/mol. The van der Waals surface area contributed by atoms with E-state index in [0.717, 1.165) is 23.4 Å². The zero-order chi connectivity index (χ0) is 21.9. The first-order valence-corrected chi connectivity index (χ1v) is 11.4. The lowest BCUT2D eigenvalue weighted by molar-refractivity contribution is -0.146. The predicted molar refractivity (Wildman–Crippen MR) is 116 cm³/mol. The number of fused-ring (bicyclic) bond motifs is 1. The van der Waals surface area contributed by atoms with Crippen LogP contribution in [0.4, 0.5) is 4.39 Å². The minimum absolute atomic E-state index is 0.0325. The molecule has 32 heavy (non-hydrogen) atoms. The molecule has 4 aromatic rings. The molecule has 4 heterocycles. The third-order valence-electron chi connectivity index (χ3n) is 5.72. The lowest BCUT2D eigenvalue weighted by atomic mass is 10.1. The third-order valence-corrected chi connectivity index (χ3v) is 7.29. The Labute approximate surface area is 191 Å². The van der Waals surface area contributed by atoms with Gasteiger partial charge in [-0.2, -0.15) is 0 Å². The van der Waals surface area contributed by atoms with Crippen molar-refractivity contribution in [2.45, 2.75) is 30.5 Å². The van der Waals surface area contributed by atoms with E-state index in [1.807, 2.05) is 4.40 Å². The van der Waals surface area contributed by atoms with Crippen molar-refractivity contribution >= 4 is 27.8 Å². The van der Waals surface area contributed by atoms with E-state index in [0.29, 0.717) is 28.1 Å². The Balaban J connectivity index is 1.25. The average Bonchev–Trinajstić information content (AvgIpc) is 3.17. The summed E-state index contributed by atoms with van der Waals surface area (Å²) in [5.74, 6) is 0.871. The summed E-state index contributed by atoms with van der Waals surface area (Å²) in [6.07, 6.45) is 6.54. The Hall–Kier alpha value is -2.53. The highest BCUT2D eigenvalue weighted by atomic mass is 35.5. The topological polar surface area (TPSA) is 86.7 Å². The van der Waals surface area contributed by atoms with Crippen molar-refractivity contribution in [2.75, 3.05) is 19.8 Å². The zero-order valence-corrected chi connectivity index (χ0v) is 18.4.